The number of methoxy groups -OCH3 is 1. The van der Waals surface area contributed by atoms with Crippen LogP contribution in [-0.2, 0) is 11.2 Å². The van der Waals surface area contributed by atoms with Crippen LogP contribution in [0.15, 0.2) is 45.6 Å². The van der Waals surface area contributed by atoms with E-state index >= 15 is 0 Å². The van der Waals surface area contributed by atoms with Gasteiger partial charge in [0.1, 0.15) is 0 Å². The Hall–Kier alpha value is -2.74. The maximum Gasteiger partial charge on any atom is 0.235 e. The lowest BCUT2D eigenvalue weighted by Crippen LogP contribution is -2.36. The first-order valence-corrected chi connectivity index (χ1v) is 10.5. The van der Waals surface area contributed by atoms with Gasteiger partial charge in [-0.2, -0.15) is 0 Å². The molecule has 8 heteroatoms. The zero-order valence-corrected chi connectivity index (χ0v) is 18.8. The zero-order chi connectivity index (χ0) is 21.8. The van der Waals surface area contributed by atoms with Gasteiger partial charge in [-0.1, -0.05) is 24.3 Å². The van der Waals surface area contributed by atoms with Gasteiger partial charge in [-0.25, -0.2) is 0 Å². The van der Waals surface area contributed by atoms with Crippen LogP contribution >= 0.6 is 12.4 Å². The van der Waals surface area contributed by atoms with Crippen molar-refractivity contribution in [3.05, 3.63) is 52.2 Å². The summed E-state index contributed by atoms with van der Waals surface area (Å²) < 4.78 is 16.4. The van der Waals surface area contributed by atoms with Crippen LogP contribution in [0.5, 0.6) is 17.2 Å². The Labute approximate surface area is 192 Å². The average molecular weight is 462 g/mol. The van der Waals surface area contributed by atoms with Crippen molar-refractivity contribution < 1.29 is 24.1 Å². The molecule has 0 radical (unpaired) electrons. The third kappa shape index (κ3) is 5.01. The van der Waals surface area contributed by atoms with Gasteiger partial charge in [0.15, 0.2) is 17.1 Å². The molecule has 32 heavy (non-hydrogen) atoms. The molecule has 1 aliphatic heterocycles. The van der Waals surface area contributed by atoms with E-state index in [1.807, 2.05) is 24.3 Å². The molecule has 0 aliphatic carbocycles. The zero-order valence-electron chi connectivity index (χ0n) is 18.0. The van der Waals surface area contributed by atoms with Crippen LogP contribution < -0.4 is 10.2 Å². The van der Waals surface area contributed by atoms with Crippen molar-refractivity contribution in [2.75, 3.05) is 40.0 Å². The molecular weight excluding hydrogens is 434 g/mol. The van der Waals surface area contributed by atoms with E-state index in [9.17, 15) is 15.0 Å². The van der Waals surface area contributed by atoms with Crippen molar-refractivity contribution in [3.63, 3.8) is 0 Å². The molecule has 2 heterocycles. The fourth-order valence-corrected chi connectivity index (χ4v) is 3.92. The number of ether oxygens (including phenoxy) is 2. The summed E-state index contributed by atoms with van der Waals surface area (Å²) >= 11 is 0. The summed E-state index contributed by atoms with van der Waals surface area (Å²) in [7, 11) is 1.38. The minimum absolute atomic E-state index is 0. The molecule has 0 bridgehead atoms. The Morgan fingerprint density at radius 2 is 1.75 bits per heavy atom. The number of aryl methyl sites for hydroxylation is 1. The number of hydrogen-bond acceptors (Lipinski definition) is 7. The molecule has 7 nitrogen and oxygen atoms in total. The van der Waals surface area contributed by atoms with Gasteiger partial charge in [-0.05, 0) is 43.5 Å². The van der Waals surface area contributed by atoms with Crippen molar-refractivity contribution in [2.45, 2.75) is 19.3 Å². The van der Waals surface area contributed by atoms with Gasteiger partial charge in [-0.3, -0.25) is 9.69 Å². The van der Waals surface area contributed by atoms with Crippen molar-refractivity contribution in [1.29, 1.82) is 0 Å². The number of unbranched alkanes of at least 4 members (excludes halogenated alkanes) is 1. The number of nitrogens with zero attached hydrogens (tertiary/aromatic N) is 1. The van der Waals surface area contributed by atoms with E-state index in [-0.39, 0.29) is 40.6 Å². The number of phenolic OH excluding ortho intramolecular Hbond substituents is 1. The molecule has 0 amide bonds. The van der Waals surface area contributed by atoms with Crippen molar-refractivity contribution in [1.82, 2.24) is 4.90 Å². The second-order valence-electron chi connectivity index (χ2n) is 7.71. The first-order chi connectivity index (χ1) is 15.1. The van der Waals surface area contributed by atoms with E-state index in [2.05, 4.69) is 4.90 Å². The normalized spacial score (nSPS) is 14.3. The lowest BCUT2D eigenvalue weighted by molar-refractivity contribution is 0.0372. The summed E-state index contributed by atoms with van der Waals surface area (Å²) in [6, 6.07) is 10.4. The second-order valence-corrected chi connectivity index (χ2v) is 7.71. The van der Waals surface area contributed by atoms with Gasteiger partial charge >= 0.3 is 0 Å². The number of hydrogen-bond donors (Lipinski definition) is 2. The second kappa shape index (κ2) is 10.7. The van der Waals surface area contributed by atoms with E-state index < -0.39 is 11.2 Å². The number of aromatic hydroxyl groups is 2. The number of fused-ring (bicyclic) bond motifs is 1. The number of morpholine rings is 1. The summed E-state index contributed by atoms with van der Waals surface area (Å²) in [4.78, 5) is 15.0. The highest BCUT2D eigenvalue weighted by molar-refractivity contribution is 5.88. The molecule has 0 unspecified atom stereocenters. The van der Waals surface area contributed by atoms with Gasteiger partial charge < -0.3 is 24.1 Å². The Kier molecular flexibility index (Phi) is 8.01. The summed E-state index contributed by atoms with van der Waals surface area (Å²) in [5.74, 6) is -0.478. The lowest BCUT2D eigenvalue weighted by Gasteiger charge is -2.26. The number of benzene rings is 2. The lowest BCUT2D eigenvalue weighted by atomic mass is 10.0. The third-order valence-corrected chi connectivity index (χ3v) is 5.68. The molecule has 1 fully saturated rings. The first kappa shape index (κ1) is 23.9. The summed E-state index contributed by atoms with van der Waals surface area (Å²) in [6.45, 7) is 4.76. The molecule has 1 aromatic heterocycles. The monoisotopic (exact) mass is 461 g/mol. The quantitative estimate of drug-likeness (QED) is 0.514. The van der Waals surface area contributed by atoms with E-state index in [1.54, 1.807) is 0 Å². The van der Waals surface area contributed by atoms with E-state index in [0.29, 0.717) is 5.56 Å². The molecule has 0 saturated carbocycles. The summed E-state index contributed by atoms with van der Waals surface area (Å²) in [6.07, 6.45) is 3.18. The first-order valence-electron chi connectivity index (χ1n) is 10.5. The standard InChI is InChI=1S/C24H27NO6.ClH/c1-29-24-19(26)10-9-18-20(27)21(28)22(31-23(18)24)17-7-5-16(6-8-17)4-2-3-11-25-12-14-30-15-13-25;/h5-10,26,28H,2-4,11-15H2,1H3;1H. The maximum atomic E-state index is 12.6. The molecule has 172 valence electrons. The van der Waals surface area contributed by atoms with E-state index in [0.717, 1.165) is 52.1 Å². The average Bonchev–Trinajstić information content (AvgIpc) is 2.80. The van der Waals surface area contributed by atoms with Crippen LogP contribution in [0.1, 0.15) is 18.4 Å². The molecule has 0 atom stereocenters. The number of rotatable bonds is 7. The van der Waals surface area contributed by atoms with Crippen LogP contribution in [0.25, 0.3) is 22.3 Å². The highest BCUT2D eigenvalue weighted by Gasteiger charge is 2.19. The Morgan fingerprint density at radius 3 is 2.44 bits per heavy atom. The summed E-state index contributed by atoms with van der Waals surface area (Å²) in [5, 5.41) is 20.6. The SMILES string of the molecule is COc1c(O)ccc2c(=O)c(O)c(-c3ccc(CCCCN4CCOCC4)cc3)oc12.Cl. The van der Waals surface area contributed by atoms with Gasteiger partial charge in [0.2, 0.25) is 16.9 Å². The predicted molar refractivity (Wildman–Crippen MR) is 125 cm³/mol. The van der Waals surface area contributed by atoms with Crippen LogP contribution in [0.2, 0.25) is 0 Å². The fourth-order valence-electron chi connectivity index (χ4n) is 3.92. The molecule has 1 aliphatic rings. The smallest absolute Gasteiger partial charge is 0.235 e. The Morgan fingerprint density at radius 1 is 1.03 bits per heavy atom. The Bertz CT molecular complexity index is 1110. The van der Waals surface area contributed by atoms with Crippen molar-refractivity contribution in [3.8, 4) is 28.6 Å². The molecule has 4 rings (SSSR count). The molecular formula is C24H28ClNO6. The van der Waals surface area contributed by atoms with E-state index in [4.69, 9.17) is 13.9 Å². The fraction of sp³-hybridized carbons (Fsp3) is 0.375. The molecule has 1 saturated heterocycles. The van der Waals surface area contributed by atoms with Crippen LogP contribution in [0, 0.1) is 0 Å². The highest BCUT2D eigenvalue weighted by Crippen LogP contribution is 2.38. The Balaban J connectivity index is 0.00000289. The van der Waals surface area contributed by atoms with Gasteiger partial charge in [0, 0.05) is 18.7 Å². The summed E-state index contributed by atoms with van der Waals surface area (Å²) in [5.41, 5.74) is 1.30. The van der Waals surface area contributed by atoms with Gasteiger partial charge in [-0.15, -0.1) is 12.4 Å². The van der Waals surface area contributed by atoms with Crippen LogP contribution in [-0.4, -0.2) is 55.1 Å². The van der Waals surface area contributed by atoms with Crippen LogP contribution in [0.3, 0.4) is 0 Å². The van der Waals surface area contributed by atoms with Gasteiger partial charge in [0.05, 0.1) is 25.7 Å². The number of halogens is 1. The minimum Gasteiger partial charge on any atom is -0.504 e. The van der Waals surface area contributed by atoms with E-state index in [1.165, 1.54) is 24.8 Å². The third-order valence-electron chi connectivity index (χ3n) is 5.68. The van der Waals surface area contributed by atoms with Crippen molar-refractivity contribution >= 4 is 23.4 Å². The van der Waals surface area contributed by atoms with Crippen LogP contribution in [0.4, 0.5) is 0 Å². The maximum absolute atomic E-state index is 12.6. The largest absolute Gasteiger partial charge is 0.504 e. The minimum atomic E-state index is -0.568. The number of phenols is 1. The molecule has 3 aromatic rings. The molecule has 2 aromatic carbocycles. The molecule has 0 spiro atoms. The highest BCUT2D eigenvalue weighted by atomic mass is 35.5. The van der Waals surface area contributed by atoms with Crippen molar-refractivity contribution in [2.24, 2.45) is 0 Å². The molecule has 2 N–H and O–H groups in total. The predicted octanol–water partition coefficient (Wildman–Crippen LogP) is 3.96. The van der Waals surface area contributed by atoms with Gasteiger partial charge in [0.25, 0.3) is 0 Å². The topological polar surface area (TPSA) is 92.4 Å².